The molecular formula is C16H22N2O4. The zero-order valence-electron chi connectivity index (χ0n) is 12.8. The second-order valence-corrected chi connectivity index (χ2v) is 5.70. The van der Waals surface area contributed by atoms with Crippen LogP contribution < -0.4 is 5.32 Å². The number of nitro benzene ring substituents is 1. The molecule has 120 valence electrons. The SMILES string of the molecule is CN[C@@H](COC(=O)c1ccc([N+](=O)[O-])cc1)C1CCCCC1. The largest absolute Gasteiger partial charge is 0.460 e. The van der Waals surface area contributed by atoms with E-state index in [1.807, 2.05) is 7.05 Å². The van der Waals surface area contributed by atoms with Crippen LogP contribution in [0.25, 0.3) is 0 Å². The van der Waals surface area contributed by atoms with Crippen LogP contribution in [-0.4, -0.2) is 30.6 Å². The molecule has 0 unspecified atom stereocenters. The number of nitro groups is 1. The van der Waals surface area contributed by atoms with E-state index in [1.165, 1.54) is 56.4 Å². The molecule has 0 amide bonds. The van der Waals surface area contributed by atoms with Gasteiger partial charge in [-0.05, 0) is 37.9 Å². The van der Waals surface area contributed by atoms with E-state index in [0.29, 0.717) is 18.1 Å². The molecule has 1 aromatic carbocycles. The van der Waals surface area contributed by atoms with E-state index in [1.54, 1.807) is 0 Å². The first-order valence-corrected chi connectivity index (χ1v) is 7.70. The number of nitrogens with one attached hydrogen (secondary N) is 1. The van der Waals surface area contributed by atoms with Crippen molar-refractivity contribution in [2.24, 2.45) is 5.92 Å². The Balaban J connectivity index is 1.88. The van der Waals surface area contributed by atoms with Crippen molar-refractivity contribution in [2.45, 2.75) is 38.1 Å². The highest BCUT2D eigenvalue weighted by atomic mass is 16.6. The topological polar surface area (TPSA) is 81.5 Å². The summed E-state index contributed by atoms with van der Waals surface area (Å²) in [4.78, 5) is 22.1. The predicted octanol–water partition coefficient (Wildman–Crippen LogP) is 2.92. The Morgan fingerprint density at radius 3 is 2.50 bits per heavy atom. The van der Waals surface area contributed by atoms with Gasteiger partial charge >= 0.3 is 5.97 Å². The third kappa shape index (κ3) is 4.27. The Morgan fingerprint density at radius 1 is 1.32 bits per heavy atom. The average Bonchev–Trinajstić information content (AvgIpc) is 2.56. The lowest BCUT2D eigenvalue weighted by Crippen LogP contribution is -2.39. The molecule has 0 radical (unpaired) electrons. The summed E-state index contributed by atoms with van der Waals surface area (Å²) in [6.07, 6.45) is 6.09. The first kappa shape index (κ1) is 16.4. The number of non-ortho nitro benzene ring substituents is 1. The van der Waals surface area contributed by atoms with E-state index in [0.717, 1.165) is 0 Å². The first-order valence-electron chi connectivity index (χ1n) is 7.70. The van der Waals surface area contributed by atoms with E-state index >= 15 is 0 Å². The molecule has 0 heterocycles. The minimum Gasteiger partial charge on any atom is -0.460 e. The van der Waals surface area contributed by atoms with E-state index in [-0.39, 0.29) is 11.7 Å². The van der Waals surface area contributed by atoms with Gasteiger partial charge in [-0.25, -0.2) is 4.79 Å². The summed E-state index contributed by atoms with van der Waals surface area (Å²) < 4.78 is 5.36. The summed E-state index contributed by atoms with van der Waals surface area (Å²) in [5, 5.41) is 13.8. The van der Waals surface area contributed by atoms with Crippen LogP contribution in [0.15, 0.2) is 24.3 Å². The summed E-state index contributed by atoms with van der Waals surface area (Å²) in [5.74, 6) is 0.106. The van der Waals surface area contributed by atoms with Gasteiger partial charge in [-0.1, -0.05) is 19.3 Å². The van der Waals surface area contributed by atoms with Crippen LogP contribution in [0.3, 0.4) is 0 Å². The van der Waals surface area contributed by atoms with Crippen molar-refractivity contribution in [2.75, 3.05) is 13.7 Å². The molecule has 1 aliphatic rings. The molecule has 22 heavy (non-hydrogen) atoms. The molecule has 0 saturated heterocycles. The fourth-order valence-corrected chi connectivity index (χ4v) is 2.96. The standard InChI is InChI=1S/C16H22N2O4/c1-17-15(12-5-3-2-4-6-12)11-22-16(19)13-7-9-14(10-8-13)18(20)21/h7-10,12,15,17H,2-6,11H2,1H3/t15-/m0/s1. The number of benzene rings is 1. The van der Waals surface area contributed by atoms with Gasteiger partial charge in [0.2, 0.25) is 0 Å². The van der Waals surface area contributed by atoms with Gasteiger partial charge in [-0.2, -0.15) is 0 Å². The smallest absolute Gasteiger partial charge is 0.338 e. The van der Waals surface area contributed by atoms with Crippen molar-refractivity contribution < 1.29 is 14.5 Å². The Labute approximate surface area is 130 Å². The zero-order valence-corrected chi connectivity index (χ0v) is 12.8. The van der Waals surface area contributed by atoms with Crippen LogP contribution in [0.1, 0.15) is 42.5 Å². The van der Waals surface area contributed by atoms with Gasteiger partial charge < -0.3 is 10.1 Å². The van der Waals surface area contributed by atoms with E-state index in [9.17, 15) is 14.9 Å². The van der Waals surface area contributed by atoms with Crippen molar-refractivity contribution in [1.82, 2.24) is 5.32 Å². The number of hydrogen-bond acceptors (Lipinski definition) is 5. The van der Waals surface area contributed by atoms with Crippen molar-refractivity contribution in [3.05, 3.63) is 39.9 Å². The van der Waals surface area contributed by atoms with Gasteiger partial charge in [0.15, 0.2) is 0 Å². The summed E-state index contributed by atoms with van der Waals surface area (Å²) in [7, 11) is 1.89. The predicted molar refractivity (Wildman–Crippen MR) is 82.8 cm³/mol. The number of nitrogens with zero attached hydrogens (tertiary/aromatic N) is 1. The van der Waals surface area contributed by atoms with Gasteiger partial charge in [0.05, 0.1) is 10.5 Å². The molecule has 1 aromatic rings. The van der Waals surface area contributed by atoms with Crippen molar-refractivity contribution in [3.8, 4) is 0 Å². The van der Waals surface area contributed by atoms with Gasteiger partial charge in [0, 0.05) is 18.2 Å². The molecule has 1 saturated carbocycles. The molecular weight excluding hydrogens is 284 g/mol. The normalized spacial score (nSPS) is 17.0. The lowest BCUT2D eigenvalue weighted by Gasteiger charge is -2.29. The maximum atomic E-state index is 12.0. The van der Waals surface area contributed by atoms with E-state index < -0.39 is 10.9 Å². The number of carbonyl (C=O) groups excluding carboxylic acids is 1. The van der Waals surface area contributed by atoms with Crippen LogP contribution in [0.4, 0.5) is 5.69 Å². The summed E-state index contributed by atoms with van der Waals surface area (Å²) >= 11 is 0. The Bertz CT molecular complexity index is 509. The number of rotatable bonds is 6. The molecule has 6 heteroatoms. The van der Waals surface area contributed by atoms with Crippen LogP contribution >= 0.6 is 0 Å². The Kier molecular flexibility index (Phi) is 5.89. The molecule has 1 aliphatic carbocycles. The maximum absolute atomic E-state index is 12.0. The average molecular weight is 306 g/mol. The van der Waals surface area contributed by atoms with Crippen molar-refractivity contribution >= 4 is 11.7 Å². The third-order valence-electron chi connectivity index (χ3n) is 4.30. The van der Waals surface area contributed by atoms with Crippen molar-refractivity contribution in [1.29, 1.82) is 0 Å². The molecule has 0 aromatic heterocycles. The minimum absolute atomic E-state index is 0.0353. The van der Waals surface area contributed by atoms with Crippen molar-refractivity contribution in [3.63, 3.8) is 0 Å². The number of likely N-dealkylation sites (N-methyl/N-ethyl adjacent to an activating group) is 1. The van der Waals surface area contributed by atoms with Gasteiger partial charge in [-0.15, -0.1) is 0 Å². The minimum atomic E-state index is -0.491. The second-order valence-electron chi connectivity index (χ2n) is 5.70. The number of carbonyl (C=O) groups is 1. The monoisotopic (exact) mass is 306 g/mol. The fraction of sp³-hybridized carbons (Fsp3) is 0.562. The Morgan fingerprint density at radius 2 is 1.95 bits per heavy atom. The van der Waals surface area contributed by atoms with Crippen LogP contribution in [0.2, 0.25) is 0 Å². The first-order chi connectivity index (χ1) is 10.6. The lowest BCUT2D eigenvalue weighted by atomic mass is 9.84. The number of ether oxygens (including phenoxy) is 1. The van der Waals surface area contributed by atoms with Crippen LogP contribution in [0.5, 0.6) is 0 Å². The number of hydrogen-bond donors (Lipinski definition) is 1. The third-order valence-corrected chi connectivity index (χ3v) is 4.30. The molecule has 0 aliphatic heterocycles. The highest BCUT2D eigenvalue weighted by Crippen LogP contribution is 2.26. The molecule has 0 spiro atoms. The van der Waals surface area contributed by atoms with Gasteiger partial charge in [-0.3, -0.25) is 10.1 Å². The quantitative estimate of drug-likeness (QED) is 0.496. The van der Waals surface area contributed by atoms with E-state index in [4.69, 9.17) is 4.74 Å². The number of esters is 1. The molecule has 1 N–H and O–H groups in total. The molecule has 1 fully saturated rings. The summed E-state index contributed by atoms with van der Waals surface area (Å²) in [6, 6.07) is 5.65. The Hall–Kier alpha value is -1.95. The van der Waals surface area contributed by atoms with Crippen LogP contribution in [-0.2, 0) is 4.74 Å². The molecule has 2 rings (SSSR count). The van der Waals surface area contributed by atoms with Crippen LogP contribution in [0, 0.1) is 16.0 Å². The summed E-state index contributed by atoms with van der Waals surface area (Å²) in [5.41, 5.74) is 0.302. The molecule has 1 atom stereocenters. The zero-order chi connectivity index (χ0) is 15.9. The second kappa shape index (κ2) is 7.89. The molecule has 0 bridgehead atoms. The van der Waals surface area contributed by atoms with Gasteiger partial charge in [0.25, 0.3) is 5.69 Å². The maximum Gasteiger partial charge on any atom is 0.338 e. The highest BCUT2D eigenvalue weighted by Gasteiger charge is 2.23. The fourth-order valence-electron chi connectivity index (χ4n) is 2.96. The molecule has 6 nitrogen and oxygen atoms in total. The van der Waals surface area contributed by atoms with Gasteiger partial charge in [0.1, 0.15) is 6.61 Å². The van der Waals surface area contributed by atoms with E-state index in [2.05, 4.69) is 5.32 Å². The summed E-state index contributed by atoms with van der Waals surface area (Å²) in [6.45, 7) is 0.330. The highest BCUT2D eigenvalue weighted by molar-refractivity contribution is 5.89. The lowest BCUT2D eigenvalue weighted by molar-refractivity contribution is -0.384.